The van der Waals surface area contributed by atoms with Crippen molar-refractivity contribution in [2.24, 2.45) is 0 Å². The van der Waals surface area contributed by atoms with Gasteiger partial charge in [-0.3, -0.25) is 9.59 Å². The van der Waals surface area contributed by atoms with E-state index in [4.69, 9.17) is 0 Å². The third-order valence-electron chi connectivity index (χ3n) is 3.27. The summed E-state index contributed by atoms with van der Waals surface area (Å²) in [5, 5.41) is 12.0. The average Bonchev–Trinajstić information content (AvgIpc) is 2.36. The lowest BCUT2D eigenvalue weighted by molar-refractivity contribution is -0.140. The highest BCUT2D eigenvalue weighted by Crippen LogP contribution is 2.26. The lowest BCUT2D eigenvalue weighted by Gasteiger charge is -2.35. The summed E-state index contributed by atoms with van der Waals surface area (Å²) in [6, 6.07) is 4.58. The van der Waals surface area contributed by atoms with E-state index in [1.165, 1.54) is 11.8 Å². The zero-order chi connectivity index (χ0) is 13.3. The molecule has 0 bridgehead atoms. The highest BCUT2D eigenvalue weighted by molar-refractivity contribution is 5.87. The highest BCUT2D eigenvalue weighted by Gasteiger charge is 2.32. The van der Waals surface area contributed by atoms with Crippen LogP contribution in [0.4, 0.5) is 0 Å². The van der Waals surface area contributed by atoms with Crippen molar-refractivity contribution >= 4 is 11.8 Å². The van der Waals surface area contributed by atoms with Gasteiger partial charge in [0.15, 0.2) is 0 Å². The Morgan fingerprint density at radius 2 is 2.11 bits per heavy atom. The highest BCUT2D eigenvalue weighted by atomic mass is 16.3. The molecule has 1 atom stereocenters. The molecule has 0 aromatic heterocycles. The summed E-state index contributed by atoms with van der Waals surface area (Å²) in [6.45, 7) is 1.81. The van der Waals surface area contributed by atoms with Crippen LogP contribution in [0.1, 0.15) is 18.1 Å². The summed E-state index contributed by atoms with van der Waals surface area (Å²) in [4.78, 5) is 24.9. The molecule has 0 fully saturated rings. The van der Waals surface area contributed by atoms with Gasteiger partial charge in [-0.1, -0.05) is 6.07 Å². The van der Waals surface area contributed by atoms with Crippen molar-refractivity contribution < 1.29 is 14.7 Å². The smallest absolute Gasteiger partial charge is 0.242 e. The number of hydrogen-bond acceptors (Lipinski definition) is 3. The molecule has 1 heterocycles. The number of aromatic hydroxyl groups is 1. The molecule has 0 unspecified atom stereocenters. The number of nitrogens with zero attached hydrogens (tertiary/aromatic N) is 1. The predicted octanol–water partition coefficient (Wildman–Crippen LogP) is 0.411. The van der Waals surface area contributed by atoms with Crippen LogP contribution < -0.4 is 5.32 Å². The van der Waals surface area contributed by atoms with Crippen LogP contribution in [0, 0.1) is 0 Å². The van der Waals surface area contributed by atoms with E-state index in [1.807, 2.05) is 0 Å². The summed E-state index contributed by atoms with van der Waals surface area (Å²) in [6.07, 6.45) is 0.481. The van der Waals surface area contributed by atoms with E-state index >= 15 is 0 Å². The third kappa shape index (κ3) is 2.16. The molecule has 0 radical (unpaired) electrons. The van der Waals surface area contributed by atoms with E-state index in [2.05, 4.69) is 5.32 Å². The molecule has 1 aliphatic heterocycles. The molecule has 0 spiro atoms. The van der Waals surface area contributed by atoms with Gasteiger partial charge in [-0.2, -0.15) is 0 Å². The molecule has 1 aromatic carbocycles. The van der Waals surface area contributed by atoms with Gasteiger partial charge in [0.25, 0.3) is 0 Å². The SMILES string of the molecule is CNC(=O)[C@@H]1Cc2ccc(O)cc2CN1C(C)=O. The van der Waals surface area contributed by atoms with Gasteiger partial charge in [0.1, 0.15) is 11.8 Å². The Morgan fingerprint density at radius 3 is 2.72 bits per heavy atom. The van der Waals surface area contributed by atoms with Crippen molar-refractivity contribution in [1.82, 2.24) is 10.2 Å². The van der Waals surface area contributed by atoms with E-state index in [1.54, 1.807) is 25.2 Å². The van der Waals surface area contributed by atoms with E-state index in [0.717, 1.165) is 11.1 Å². The van der Waals surface area contributed by atoms with Gasteiger partial charge in [0, 0.05) is 26.9 Å². The number of fused-ring (bicyclic) bond motifs is 1. The number of hydrogen-bond donors (Lipinski definition) is 2. The fourth-order valence-electron chi connectivity index (χ4n) is 2.30. The van der Waals surface area contributed by atoms with Crippen molar-refractivity contribution in [3.05, 3.63) is 29.3 Å². The Labute approximate surface area is 105 Å². The molecule has 5 nitrogen and oxygen atoms in total. The molecule has 1 aliphatic rings. The van der Waals surface area contributed by atoms with Crippen molar-refractivity contribution in [3.63, 3.8) is 0 Å². The summed E-state index contributed by atoms with van der Waals surface area (Å²) in [5.74, 6) is -0.128. The fraction of sp³-hybridized carbons (Fsp3) is 0.385. The number of benzene rings is 1. The maximum absolute atomic E-state index is 11.8. The Hall–Kier alpha value is -2.04. The molecule has 5 heteroatoms. The van der Waals surface area contributed by atoms with E-state index in [-0.39, 0.29) is 17.6 Å². The van der Waals surface area contributed by atoms with Crippen LogP contribution in [0.25, 0.3) is 0 Å². The van der Waals surface area contributed by atoms with Crippen LogP contribution in [-0.2, 0) is 22.6 Å². The standard InChI is InChI=1S/C13H16N2O3/c1-8(16)15-7-10-5-11(17)4-3-9(10)6-12(15)13(18)14-2/h3-5,12,17H,6-7H2,1-2H3,(H,14,18)/t12-/m0/s1. The van der Waals surface area contributed by atoms with Crippen molar-refractivity contribution in [2.75, 3.05) is 7.05 Å². The number of phenolic OH excluding ortho intramolecular Hbond substituents is 1. The van der Waals surface area contributed by atoms with Crippen molar-refractivity contribution in [2.45, 2.75) is 25.9 Å². The lowest BCUT2D eigenvalue weighted by atomic mass is 9.93. The summed E-state index contributed by atoms with van der Waals surface area (Å²) in [7, 11) is 1.56. The van der Waals surface area contributed by atoms with Gasteiger partial charge in [-0.05, 0) is 23.3 Å². The fourth-order valence-corrected chi connectivity index (χ4v) is 2.30. The summed E-state index contributed by atoms with van der Waals surface area (Å²) < 4.78 is 0. The molecule has 1 aromatic rings. The van der Waals surface area contributed by atoms with Crippen LogP contribution in [0.2, 0.25) is 0 Å². The normalized spacial score (nSPS) is 18.1. The molecular weight excluding hydrogens is 232 g/mol. The molecular formula is C13H16N2O3. The Morgan fingerprint density at radius 1 is 1.39 bits per heavy atom. The number of carbonyl (C=O) groups excluding carboxylic acids is 2. The number of carbonyl (C=O) groups is 2. The molecule has 0 saturated heterocycles. The lowest BCUT2D eigenvalue weighted by Crippen LogP contribution is -2.51. The van der Waals surface area contributed by atoms with E-state index in [0.29, 0.717) is 13.0 Å². The molecule has 0 saturated carbocycles. The minimum atomic E-state index is -0.468. The van der Waals surface area contributed by atoms with Gasteiger partial charge in [-0.15, -0.1) is 0 Å². The molecule has 0 aliphatic carbocycles. The zero-order valence-electron chi connectivity index (χ0n) is 10.4. The van der Waals surface area contributed by atoms with Crippen molar-refractivity contribution in [3.8, 4) is 5.75 Å². The van der Waals surface area contributed by atoms with E-state index in [9.17, 15) is 14.7 Å². The van der Waals surface area contributed by atoms with Crippen LogP contribution in [0.3, 0.4) is 0 Å². The zero-order valence-corrected chi connectivity index (χ0v) is 10.4. The molecule has 18 heavy (non-hydrogen) atoms. The third-order valence-corrected chi connectivity index (χ3v) is 3.27. The quantitative estimate of drug-likeness (QED) is 0.756. The molecule has 2 N–H and O–H groups in total. The number of nitrogens with one attached hydrogen (secondary N) is 1. The number of amides is 2. The van der Waals surface area contributed by atoms with Crippen LogP contribution in [0.15, 0.2) is 18.2 Å². The topological polar surface area (TPSA) is 69.6 Å². The van der Waals surface area contributed by atoms with Crippen LogP contribution in [-0.4, -0.2) is 34.9 Å². The molecule has 96 valence electrons. The summed E-state index contributed by atoms with van der Waals surface area (Å²) in [5.41, 5.74) is 1.89. The predicted molar refractivity (Wildman–Crippen MR) is 65.9 cm³/mol. The van der Waals surface area contributed by atoms with Crippen molar-refractivity contribution in [1.29, 1.82) is 0 Å². The summed E-state index contributed by atoms with van der Waals surface area (Å²) >= 11 is 0. The molecule has 2 rings (SSSR count). The first-order valence-corrected chi connectivity index (χ1v) is 5.82. The minimum absolute atomic E-state index is 0.141. The van der Waals surface area contributed by atoms with Gasteiger partial charge in [0.2, 0.25) is 11.8 Å². The maximum atomic E-state index is 11.8. The van der Waals surface area contributed by atoms with Gasteiger partial charge in [0.05, 0.1) is 0 Å². The molecule has 2 amide bonds. The first kappa shape index (κ1) is 12.4. The van der Waals surface area contributed by atoms with E-state index < -0.39 is 6.04 Å². The second-order valence-electron chi connectivity index (χ2n) is 4.43. The minimum Gasteiger partial charge on any atom is -0.508 e. The Kier molecular flexibility index (Phi) is 3.23. The first-order valence-electron chi connectivity index (χ1n) is 5.82. The first-order chi connectivity index (χ1) is 8.52. The average molecular weight is 248 g/mol. The van der Waals surface area contributed by atoms with Crippen LogP contribution >= 0.6 is 0 Å². The van der Waals surface area contributed by atoms with Gasteiger partial charge < -0.3 is 15.3 Å². The number of phenols is 1. The number of likely N-dealkylation sites (N-methyl/N-ethyl adjacent to an activating group) is 1. The van der Waals surface area contributed by atoms with Gasteiger partial charge >= 0.3 is 0 Å². The van der Waals surface area contributed by atoms with Gasteiger partial charge in [-0.25, -0.2) is 0 Å². The Balaban J connectivity index is 2.37. The van der Waals surface area contributed by atoms with Crippen LogP contribution in [0.5, 0.6) is 5.75 Å². The second kappa shape index (κ2) is 4.68. The Bertz CT molecular complexity index is 499. The maximum Gasteiger partial charge on any atom is 0.242 e. The largest absolute Gasteiger partial charge is 0.508 e. The number of rotatable bonds is 1. The second-order valence-corrected chi connectivity index (χ2v) is 4.43. The monoisotopic (exact) mass is 248 g/mol.